The van der Waals surface area contributed by atoms with Gasteiger partial charge in [-0.1, -0.05) is 30.7 Å². The summed E-state index contributed by atoms with van der Waals surface area (Å²) in [5.74, 6) is 0.170. The third kappa shape index (κ3) is 8.36. The predicted octanol–water partition coefficient (Wildman–Crippen LogP) is 0.498. The lowest BCUT2D eigenvalue weighted by atomic mass is 10.1. The number of piperazine rings is 2. The molecule has 6 N–H and O–H groups in total. The van der Waals surface area contributed by atoms with Crippen molar-refractivity contribution in [3.63, 3.8) is 0 Å². The van der Waals surface area contributed by atoms with Crippen LogP contribution in [-0.4, -0.2) is 102 Å². The third-order valence-corrected chi connectivity index (χ3v) is 6.85. The Balaban J connectivity index is 1.25. The number of nitrogens with zero attached hydrogens (tertiary/aromatic N) is 4. The molecule has 0 aliphatic carbocycles. The van der Waals surface area contributed by atoms with Gasteiger partial charge in [-0.15, -0.1) is 0 Å². The molecule has 0 bridgehead atoms. The van der Waals surface area contributed by atoms with Gasteiger partial charge >= 0.3 is 12.1 Å². The molecule has 2 heterocycles. The molecular weight excluding hydrogens is 476 g/mol. The van der Waals surface area contributed by atoms with E-state index in [0.29, 0.717) is 77.3 Å². The van der Waals surface area contributed by atoms with Crippen molar-refractivity contribution in [2.75, 3.05) is 52.4 Å². The minimum atomic E-state index is -0.449. The fourth-order valence-electron chi connectivity index (χ4n) is 4.47. The zero-order valence-corrected chi connectivity index (χ0v) is 21.3. The summed E-state index contributed by atoms with van der Waals surface area (Å²) >= 11 is 0. The van der Waals surface area contributed by atoms with Gasteiger partial charge in [0.05, 0.1) is 0 Å². The Morgan fingerprint density at radius 1 is 0.703 bits per heavy atom. The van der Waals surface area contributed by atoms with Crippen molar-refractivity contribution in [2.24, 2.45) is 11.5 Å². The lowest BCUT2D eigenvalue weighted by Crippen LogP contribution is -2.53. The molecule has 0 saturated carbocycles. The largest absolute Gasteiger partial charge is 0.384 e. The maximum absolute atomic E-state index is 12.6. The first-order valence-corrected chi connectivity index (χ1v) is 12.8. The van der Waals surface area contributed by atoms with E-state index in [0.717, 1.165) is 24.8 Å². The number of nitrogens with one attached hydrogen (secondary N) is 2. The summed E-state index contributed by atoms with van der Waals surface area (Å²) in [4.78, 5) is 55.4. The van der Waals surface area contributed by atoms with Crippen LogP contribution in [0.15, 0.2) is 24.3 Å². The van der Waals surface area contributed by atoms with Crippen molar-refractivity contribution in [2.45, 2.75) is 38.6 Å². The Bertz CT molecular complexity index is 967. The normalized spacial score (nSPS) is 15.9. The molecule has 0 radical (unpaired) electrons. The Labute approximate surface area is 217 Å². The molecule has 12 nitrogen and oxygen atoms in total. The van der Waals surface area contributed by atoms with E-state index in [1.807, 2.05) is 12.1 Å². The zero-order chi connectivity index (χ0) is 26.8. The van der Waals surface area contributed by atoms with E-state index < -0.39 is 6.03 Å². The molecule has 0 aromatic heterocycles. The maximum atomic E-state index is 12.6. The number of rotatable bonds is 9. The average Bonchev–Trinajstić information content (AvgIpc) is 2.91. The van der Waals surface area contributed by atoms with Crippen LogP contribution in [0, 0.1) is 5.41 Å². The molecule has 2 saturated heterocycles. The van der Waals surface area contributed by atoms with Gasteiger partial charge in [0.2, 0.25) is 11.8 Å². The summed E-state index contributed by atoms with van der Waals surface area (Å²) in [5.41, 5.74) is 12.3. The van der Waals surface area contributed by atoms with Crippen molar-refractivity contribution in [3.05, 3.63) is 35.4 Å². The summed E-state index contributed by atoms with van der Waals surface area (Å²) in [6, 6.07) is 6.55. The number of amides is 6. The fraction of sp³-hybridized carbons (Fsp3) is 0.560. The molecule has 2 fully saturated rings. The topological polar surface area (TPSA) is 169 Å². The highest BCUT2D eigenvalue weighted by Gasteiger charge is 2.24. The quantitative estimate of drug-likeness (QED) is 0.213. The SMILES string of the molecule is N=C(N)c1ccc(CNC(=O)N2CCN(C(=O)CCCCCC(=O)N3CCN(C(N)=O)CC3)CC2)cc1. The minimum Gasteiger partial charge on any atom is -0.384 e. The predicted molar refractivity (Wildman–Crippen MR) is 139 cm³/mol. The van der Waals surface area contributed by atoms with E-state index in [4.69, 9.17) is 16.9 Å². The second-order valence-electron chi connectivity index (χ2n) is 9.40. The first-order chi connectivity index (χ1) is 17.7. The van der Waals surface area contributed by atoms with Crippen molar-refractivity contribution in [1.29, 1.82) is 5.41 Å². The van der Waals surface area contributed by atoms with Gasteiger partial charge in [-0.2, -0.15) is 0 Å². The number of hydrogen-bond donors (Lipinski definition) is 4. The zero-order valence-electron chi connectivity index (χ0n) is 21.3. The molecule has 37 heavy (non-hydrogen) atoms. The van der Waals surface area contributed by atoms with Gasteiger partial charge in [-0.05, 0) is 18.4 Å². The van der Waals surface area contributed by atoms with Crippen LogP contribution in [0.3, 0.4) is 0 Å². The van der Waals surface area contributed by atoms with Crippen LogP contribution in [0.1, 0.15) is 43.2 Å². The molecule has 1 aromatic rings. The van der Waals surface area contributed by atoms with E-state index in [2.05, 4.69) is 5.32 Å². The molecule has 1 aromatic carbocycles. The summed E-state index contributed by atoms with van der Waals surface area (Å²) in [7, 11) is 0. The number of hydrogen-bond acceptors (Lipinski definition) is 5. The van der Waals surface area contributed by atoms with Gasteiger partial charge in [0, 0.05) is 77.3 Å². The molecule has 0 spiro atoms. The first-order valence-electron chi connectivity index (χ1n) is 12.8. The van der Waals surface area contributed by atoms with Crippen LogP contribution >= 0.6 is 0 Å². The lowest BCUT2D eigenvalue weighted by Gasteiger charge is -2.35. The minimum absolute atomic E-state index is 0.00620. The lowest BCUT2D eigenvalue weighted by molar-refractivity contribution is -0.133. The molecule has 0 atom stereocenters. The highest BCUT2D eigenvalue weighted by molar-refractivity contribution is 5.94. The van der Waals surface area contributed by atoms with Crippen LogP contribution in [0.5, 0.6) is 0 Å². The number of amidine groups is 1. The van der Waals surface area contributed by atoms with Crippen molar-refractivity contribution >= 4 is 29.7 Å². The molecule has 2 aliphatic heterocycles. The number of primary amides is 1. The second kappa shape index (κ2) is 13.5. The summed E-state index contributed by atoms with van der Waals surface area (Å²) < 4.78 is 0. The van der Waals surface area contributed by atoms with Crippen LogP contribution in [0.25, 0.3) is 0 Å². The van der Waals surface area contributed by atoms with Crippen LogP contribution in [0.2, 0.25) is 0 Å². The number of carbonyl (C=O) groups is 4. The van der Waals surface area contributed by atoms with E-state index >= 15 is 0 Å². The monoisotopic (exact) mass is 514 g/mol. The van der Waals surface area contributed by atoms with E-state index in [1.165, 1.54) is 0 Å². The van der Waals surface area contributed by atoms with Crippen LogP contribution < -0.4 is 16.8 Å². The second-order valence-corrected chi connectivity index (χ2v) is 9.40. The van der Waals surface area contributed by atoms with E-state index in [9.17, 15) is 19.2 Å². The number of carbonyl (C=O) groups excluding carboxylic acids is 4. The number of nitrogens with two attached hydrogens (primary N) is 2. The van der Waals surface area contributed by atoms with Crippen molar-refractivity contribution < 1.29 is 19.2 Å². The Morgan fingerprint density at radius 3 is 1.62 bits per heavy atom. The standard InChI is InChI=1S/C25H38N8O4/c26-23(27)20-8-6-19(7-9-20)18-29-25(37)33-16-12-31(13-17-33)22(35)5-3-1-2-4-21(34)30-10-14-32(15-11-30)24(28)36/h6-9H,1-5,10-18H2,(H3,26,27)(H2,28,36)(H,29,37). The van der Waals surface area contributed by atoms with E-state index in [1.54, 1.807) is 31.7 Å². The molecule has 12 heteroatoms. The number of unbranched alkanes of at least 4 members (excludes halogenated alkanes) is 2. The van der Waals surface area contributed by atoms with Gasteiger partial charge in [0.25, 0.3) is 0 Å². The Morgan fingerprint density at radius 2 is 1.16 bits per heavy atom. The van der Waals surface area contributed by atoms with Crippen molar-refractivity contribution in [1.82, 2.24) is 24.9 Å². The molecular formula is C25H38N8O4. The van der Waals surface area contributed by atoms with Gasteiger partial charge < -0.3 is 36.4 Å². The van der Waals surface area contributed by atoms with Crippen LogP contribution in [-0.2, 0) is 16.1 Å². The average molecular weight is 515 g/mol. The molecule has 6 amide bonds. The number of nitrogen functional groups attached to an aromatic ring is 1. The summed E-state index contributed by atoms with van der Waals surface area (Å²) in [5, 5.41) is 10.3. The van der Waals surface area contributed by atoms with Gasteiger partial charge in [-0.25, -0.2) is 9.59 Å². The van der Waals surface area contributed by atoms with E-state index in [-0.39, 0.29) is 23.7 Å². The van der Waals surface area contributed by atoms with Gasteiger partial charge in [0.1, 0.15) is 5.84 Å². The van der Waals surface area contributed by atoms with Crippen molar-refractivity contribution in [3.8, 4) is 0 Å². The Hall–Kier alpha value is -3.83. The van der Waals surface area contributed by atoms with Crippen LogP contribution in [0.4, 0.5) is 9.59 Å². The Kier molecular flexibility index (Phi) is 10.1. The fourth-order valence-corrected chi connectivity index (χ4v) is 4.47. The molecule has 3 rings (SSSR count). The summed E-state index contributed by atoms with van der Waals surface area (Å²) in [6.07, 6.45) is 3.14. The smallest absolute Gasteiger partial charge is 0.317 e. The maximum Gasteiger partial charge on any atom is 0.317 e. The molecule has 2 aliphatic rings. The summed E-state index contributed by atoms with van der Waals surface area (Å²) in [6.45, 7) is 4.33. The number of urea groups is 2. The van der Waals surface area contributed by atoms with Gasteiger partial charge in [-0.3, -0.25) is 15.0 Å². The third-order valence-electron chi connectivity index (χ3n) is 6.85. The highest BCUT2D eigenvalue weighted by Crippen LogP contribution is 2.11. The first kappa shape index (κ1) is 27.8. The number of benzene rings is 1. The highest BCUT2D eigenvalue weighted by atomic mass is 16.2. The molecule has 0 unspecified atom stereocenters. The van der Waals surface area contributed by atoms with Gasteiger partial charge in [0.15, 0.2) is 0 Å². The molecule has 202 valence electrons.